The van der Waals surface area contributed by atoms with Crippen molar-refractivity contribution in [1.82, 2.24) is 5.32 Å². The van der Waals surface area contributed by atoms with Crippen molar-refractivity contribution in [3.63, 3.8) is 0 Å². The van der Waals surface area contributed by atoms with Gasteiger partial charge in [-0.2, -0.15) is 0 Å². The molecule has 0 saturated heterocycles. The van der Waals surface area contributed by atoms with Crippen molar-refractivity contribution in [2.75, 3.05) is 23.1 Å². The number of halogens is 1. The Labute approximate surface area is 104 Å². The van der Waals surface area contributed by atoms with E-state index in [1.54, 1.807) is 0 Å². The Hall–Kier alpha value is -1.46. The van der Waals surface area contributed by atoms with Crippen LogP contribution in [-0.2, 0) is 6.54 Å². The van der Waals surface area contributed by atoms with Crippen molar-refractivity contribution in [1.29, 1.82) is 0 Å². The number of amides is 2. The zero-order valence-corrected chi connectivity index (χ0v) is 9.92. The first-order valence-electron chi connectivity index (χ1n) is 5.35. The van der Waals surface area contributed by atoms with Crippen LogP contribution in [0.5, 0.6) is 0 Å². The third kappa shape index (κ3) is 2.81. The molecular formula is C11H14ClN3O2. The minimum atomic E-state index is -0.585. The van der Waals surface area contributed by atoms with E-state index in [4.69, 9.17) is 11.6 Å². The fourth-order valence-electron chi connectivity index (χ4n) is 1.68. The fraction of sp³-hybridized carbons (Fsp3) is 0.364. The van der Waals surface area contributed by atoms with Gasteiger partial charge in [0.2, 0.25) is 0 Å². The summed E-state index contributed by atoms with van der Waals surface area (Å²) < 4.78 is 0. The average Bonchev–Trinajstić information content (AvgIpc) is 2.35. The van der Waals surface area contributed by atoms with Crippen LogP contribution in [0.1, 0.15) is 5.56 Å². The predicted molar refractivity (Wildman–Crippen MR) is 67.5 cm³/mol. The number of anilines is 2. The second kappa shape index (κ2) is 5.25. The number of hydrogen-bond acceptors (Lipinski definition) is 3. The Morgan fingerprint density at radius 1 is 1.53 bits per heavy atom. The van der Waals surface area contributed by atoms with Gasteiger partial charge in [0.1, 0.15) is 0 Å². The number of alkyl halides is 1. The molecule has 0 spiro atoms. The Balaban J connectivity index is 2.13. The van der Waals surface area contributed by atoms with Crippen molar-refractivity contribution in [3.05, 3.63) is 23.8 Å². The number of aliphatic hydroxyl groups is 1. The lowest BCUT2D eigenvalue weighted by molar-refractivity contribution is 0.211. The number of rotatable bonds is 4. The van der Waals surface area contributed by atoms with Gasteiger partial charge in [0.15, 0.2) is 0 Å². The maximum atomic E-state index is 11.1. The molecule has 1 aliphatic rings. The second-order valence-corrected chi connectivity index (χ2v) is 4.14. The molecule has 0 fully saturated rings. The summed E-state index contributed by atoms with van der Waals surface area (Å²) in [7, 11) is 0. The molecule has 1 aliphatic heterocycles. The minimum absolute atomic E-state index is 0.191. The van der Waals surface area contributed by atoms with E-state index in [0.29, 0.717) is 13.1 Å². The topological polar surface area (TPSA) is 73.4 Å². The number of aliphatic hydroxyl groups excluding tert-OH is 1. The first-order chi connectivity index (χ1) is 8.20. The zero-order chi connectivity index (χ0) is 12.3. The van der Waals surface area contributed by atoms with Gasteiger partial charge < -0.3 is 21.1 Å². The van der Waals surface area contributed by atoms with Gasteiger partial charge in [-0.05, 0) is 12.1 Å². The molecule has 0 aliphatic carbocycles. The number of urea groups is 1. The van der Waals surface area contributed by atoms with E-state index in [1.807, 2.05) is 18.2 Å². The number of carbonyl (C=O) groups is 1. The van der Waals surface area contributed by atoms with E-state index < -0.39 is 6.10 Å². The molecule has 2 amide bonds. The largest absolute Gasteiger partial charge is 0.390 e. The number of carbonyl (C=O) groups excluding carboxylic acids is 1. The lowest BCUT2D eigenvalue weighted by Gasteiger charge is -2.22. The predicted octanol–water partition coefficient (Wildman–Crippen LogP) is 1.33. The van der Waals surface area contributed by atoms with E-state index in [-0.39, 0.29) is 11.9 Å². The highest BCUT2D eigenvalue weighted by atomic mass is 35.5. The van der Waals surface area contributed by atoms with Crippen molar-refractivity contribution in [3.8, 4) is 0 Å². The maximum absolute atomic E-state index is 11.1. The summed E-state index contributed by atoms with van der Waals surface area (Å²) in [6, 6.07) is 5.39. The third-order valence-electron chi connectivity index (χ3n) is 2.56. The van der Waals surface area contributed by atoms with Crippen LogP contribution in [0.25, 0.3) is 0 Å². The second-order valence-electron chi connectivity index (χ2n) is 3.83. The molecule has 4 N–H and O–H groups in total. The lowest BCUT2D eigenvalue weighted by atomic mass is 10.1. The zero-order valence-electron chi connectivity index (χ0n) is 9.16. The number of fused-ring (bicyclic) bond motifs is 1. The van der Waals surface area contributed by atoms with Crippen molar-refractivity contribution in [2.24, 2.45) is 0 Å². The molecule has 0 bridgehead atoms. The molecule has 0 radical (unpaired) electrons. The van der Waals surface area contributed by atoms with Crippen LogP contribution in [0.2, 0.25) is 0 Å². The van der Waals surface area contributed by atoms with Crippen LogP contribution in [-0.4, -0.2) is 29.7 Å². The van der Waals surface area contributed by atoms with Crippen LogP contribution in [0.15, 0.2) is 18.2 Å². The van der Waals surface area contributed by atoms with E-state index in [2.05, 4.69) is 16.0 Å². The van der Waals surface area contributed by atoms with E-state index in [0.717, 1.165) is 16.9 Å². The molecule has 1 aromatic carbocycles. The van der Waals surface area contributed by atoms with E-state index in [9.17, 15) is 9.90 Å². The molecule has 2 rings (SSSR count). The highest BCUT2D eigenvalue weighted by Gasteiger charge is 2.16. The average molecular weight is 256 g/mol. The Bertz CT molecular complexity index is 425. The van der Waals surface area contributed by atoms with Crippen molar-refractivity contribution >= 4 is 29.0 Å². The van der Waals surface area contributed by atoms with Crippen molar-refractivity contribution < 1.29 is 9.90 Å². The van der Waals surface area contributed by atoms with Gasteiger partial charge in [-0.1, -0.05) is 6.07 Å². The number of nitrogens with one attached hydrogen (secondary N) is 3. The molecule has 1 unspecified atom stereocenters. The van der Waals surface area contributed by atoms with Gasteiger partial charge in [0, 0.05) is 30.0 Å². The first kappa shape index (κ1) is 12.0. The minimum Gasteiger partial charge on any atom is -0.390 e. The molecule has 17 heavy (non-hydrogen) atoms. The standard InChI is InChI=1S/C11H14ClN3O2/c12-4-7(16)5-13-9-2-1-3-10-8(9)6-14-11(17)15-10/h1-3,7,13,16H,4-6H2,(H2,14,15,17). The summed E-state index contributed by atoms with van der Waals surface area (Å²) >= 11 is 5.52. The van der Waals surface area contributed by atoms with Gasteiger partial charge in [0.05, 0.1) is 12.0 Å². The molecule has 1 atom stereocenters. The molecule has 1 heterocycles. The van der Waals surface area contributed by atoms with Gasteiger partial charge in [-0.3, -0.25) is 0 Å². The smallest absolute Gasteiger partial charge is 0.319 e. The first-order valence-corrected chi connectivity index (χ1v) is 5.89. The van der Waals surface area contributed by atoms with Crippen LogP contribution in [0, 0.1) is 0 Å². The highest BCUT2D eigenvalue weighted by Crippen LogP contribution is 2.26. The number of hydrogen-bond donors (Lipinski definition) is 4. The Morgan fingerprint density at radius 3 is 3.12 bits per heavy atom. The summed E-state index contributed by atoms with van der Waals surface area (Å²) in [6.45, 7) is 0.856. The van der Waals surface area contributed by atoms with Gasteiger partial charge in [-0.15, -0.1) is 11.6 Å². The summed E-state index contributed by atoms with van der Waals surface area (Å²) in [5.74, 6) is 0.191. The Morgan fingerprint density at radius 2 is 2.35 bits per heavy atom. The molecule has 92 valence electrons. The SMILES string of the molecule is O=C1NCc2c(NCC(O)CCl)cccc2N1. The maximum Gasteiger partial charge on any atom is 0.319 e. The van der Waals surface area contributed by atoms with Crippen LogP contribution < -0.4 is 16.0 Å². The van der Waals surface area contributed by atoms with Crippen LogP contribution >= 0.6 is 11.6 Å². The molecule has 0 aromatic heterocycles. The van der Waals surface area contributed by atoms with Gasteiger partial charge in [0.25, 0.3) is 0 Å². The van der Waals surface area contributed by atoms with Crippen LogP contribution in [0.3, 0.4) is 0 Å². The Kier molecular flexibility index (Phi) is 3.71. The summed E-state index contributed by atoms with van der Waals surface area (Å²) in [6.07, 6.45) is -0.585. The number of benzene rings is 1. The lowest BCUT2D eigenvalue weighted by Crippen LogP contribution is -2.34. The summed E-state index contributed by atoms with van der Waals surface area (Å²) in [5, 5.41) is 17.9. The monoisotopic (exact) mass is 255 g/mol. The van der Waals surface area contributed by atoms with Crippen LogP contribution in [0.4, 0.5) is 16.2 Å². The summed E-state index contributed by atoms with van der Waals surface area (Å²) in [5.41, 5.74) is 2.66. The molecule has 1 aromatic rings. The summed E-state index contributed by atoms with van der Waals surface area (Å²) in [4.78, 5) is 11.1. The molecular weight excluding hydrogens is 242 g/mol. The van der Waals surface area contributed by atoms with Gasteiger partial charge >= 0.3 is 6.03 Å². The van der Waals surface area contributed by atoms with E-state index >= 15 is 0 Å². The molecule has 5 nitrogen and oxygen atoms in total. The van der Waals surface area contributed by atoms with Crippen molar-refractivity contribution in [2.45, 2.75) is 12.6 Å². The normalized spacial score (nSPS) is 15.5. The highest BCUT2D eigenvalue weighted by molar-refractivity contribution is 6.18. The fourth-order valence-corrected chi connectivity index (χ4v) is 1.79. The third-order valence-corrected chi connectivity index (χ3v) is 2.91. The quantitative estimate of drug-likeness (QED) is 0.614. The van der Waals surface area contributed by atoms with E-state index in [1.165, 1.54) is 0 Å². The molecule has 6 heteroatoms. The van der Waals surface area contributed by atoms with Gasteiger partial charge in [-0.25, -0.2) is 4.79 Å². The molecule has 0 saturated carbocycles.